The van der Waals surface area contributed by atoms with Crippen LogP contribution in [0.25, 0.3) is 0 Å². The van der Waals surface area contributed by atoms with Crippen LogP contribution in [0.3, 0.4) is 0 Å². The van der Waals surface area contributed by atoms with E-state index in [4.69, 9.17) is 10.5 Å². The van der Waals surface area contributed by atoms with Crippen LogP contribution in [-0.2, 0) is 4.79 Å². The highest BCUT2D eigenvalue weighted by Gasteiger charge is 2.16. The van der Waals surface area contributed by atoms with Crippen molar-refractivity contribution in [2.75, 3.05) is 13.2 Å². The molecular formula is C13H19BrN2O2. The molecule has 0 heterocycles. The van der Waals surface area contributed by atoms with Crippen LogP contribution in [0.2, 0.25) is 0 Å². The fourth-order valence-corrected chi connectivity index (χ4v) is 1.70. The van der Waals surface area contributed by atoms with Crippen molar-refractivity contribution in [3.05, 3.63) is 28.7 Å². The van der Waals surface area contributed by atoms with Crippen LogP contribution in [0.5, 0.6) is 5.75 Å². The first-order chi connectivity index (χ1) is 8.50. The van der Waals surface area contributed by atoms with E-state index in [2.05, 4.69) is 21.2 Å². The van der Waals surface area contributed by atoms with Gasteiger partial charge in [-0.2, -0.15) is 0 Å². The molecule has 0 saturated heterocycles. The maximum Gasteiger partial charge on any atom is 0.237 e. The van der Waals surface area contributed by atoms with E-state index in [1.54, 1.807) is 0 Å². The Bertz CT molecular complexity index is 396. The molecule has 1 aromatic rings. The summed E-state index contributed by atoms with van der Waals surface area (Å²) < 4.78 is 6.46. The van der Waals surface area contributed by atoms with E-state index >= 15 is 0 Å². The van der Waals surface area contributed by atoms with Gasteiger partial charge in [0.05, 0.1) is 12.6 Å². The van der Waals surface area contributed by atoms with E-state index in [0.717, 1.165) is 10.2 Å². The number of hydrogen-bond donors (Lipinski definition) is 2. The molecule has 0 aliphatic carbocycles. The second-order valence-corrected chi connectivity index (χ2v) is 5.28. The number of rotatable bonds is 6. The van der Waals surface area contributed by atoms with Crippen LogP contribution >= 0.6 is 15.9 Å². The van der Waals surface area contributed by atoms with E-state index in [0.29, 0.717) is 13.2 Å². The molecule has 1 rings (SSSR count). The Morgan fingerprint density at radius 3 is 2.83 bits per heavy atom. The van der Waals surface area contributed by atoms with Crippen LogP contribution in [0, 0.1) is 5.92 Å². The summed E-state index contributed by atoms with van der Waals surface area (Å²) in [5, 5.41) is 2.75. The molecule has 5 heteroatoms. The molecule has 1 atom stereocenters. The van der Waals surface area contributed by atoms with E-state index in [1.807, 2.05) is 38.1 Å². The second-order valence-electron chi connectivity index (χ2n) is 4.37. The number of benzene rings is 1. The van der Waals surface area contributed by atoms with Crippen LogP contribution in [0.15, 0.2) is 28.7 Å². The molecule has 0 aliphatic heterocycles. The number of ether oxygens (including phenoxy) is 1. The normalized spacial score (nSPS) is 12.3. The first-order valence-corrected chi connectivity index (χ1v) is 6.71. The van der Waals surface area contributed by atoms with Gasteiger partial charge in [-0.25, -0.2) is 0 Å². The highest BCUT2D eigenvalue weighted by molar-refractivity contribution is 9.10. The lowest BCUT2D eigenvalue weighted by molar-refractivity contribution is -0.123. The Morgan fingerprint density at radius 1 is 1.50 bits per heavy atom. The van der Waals surface area contributed by atoms with Gasteiger partial charge >= 0.3 is 0 Å². The van der Waals surface area contributed by atoms with Crippen molar-refractivity contribution in [2.45, 2.75) is 19.9 Å². The minimum absolute atomic E-state index is 0.135. The molecule has 0 aliphatic rings. The van der Waals surface area contributed by atoms with Gasteiger partial charge in [0.1, 0.15) is 12.4 Å². The van der Waals surface area contributed by atoms with E-state index in [1.165, 1.54) is 0 Å². The number of hydrogen-bond acceptors (Lipinski definition) is 3. The van der Waals surface area contributed by atoms with Crippen molar-refractivity contribution in [3.8, 4) is 5.75 Å². The van der Waals surface area contributed by atoms with Gasteiger partial charge in [-0.1, -0.05) is 35.8 Å². The number of carbonyl (C=O) groups excluding carboxylic acids is 1. The highest BCUT2D eigenvalue weighted by atomic mass is 79.9. The fraction of sp³-hybridized carbons (Fsp3) is 0.462. The van der Waals surface area contributed by atoms with Crippen molar-refractivity contribution in [2.24, 2.45) is 11.7 Å². The third-order valence-corrected chi connectivity index (χ3v) is 2.98. The molecule has 4 nitrogen and oxygen atoms in total. The van der Waals surface area contributed by atoms with Crippen molar-refractivity contribution in [3.63, 3.8) is 0 Å². The van der Waals surface area contributed by atoms with E-state index in [-0.39, 0.29) is 11.8 Å². The molecular weight excluding hydrogens is 296 g/mol. The predicted molar refractivity (Wildman–Crippen MR) is 75.5 cm³/mol. The topological polar surface area (TPSA) is 64.4 Å². The van der Waals surface area contributed by atoms with Crippen molar-refractivity contribution in [1.82, 2.24) is 5.32 Å². The van der Waals surface area contributed by atoms with Crippen LogP contribution in [-0.4, -0.2) is 25.1 Å². The molecule has 1 amide bonds. The summed E-state index contributed by atoms with van der Waals surface area (Å²) >= 11 is 3.36. The molecule has 3 N–H and O–H groups in total. The van der Waals surface area contributed by atoms with Gasteiger partial charge in [0.15, 0.2) is 0 Å². The highest BCUT2D eigenvalue weighted by Crippen LogP contribution is 2.17. The second kappa shape index (κ2) is 7.38. The van der Waals surface area contributed by atoms with Crippen LogP contribution < -0.4 is 15.8 Å². The molecule has 1 aromatic carbocycles. The minimum atomic E-state index is -0.462. The Labute approximate surface area is 116 Å². The first-order valence-electron chi connectivity index (χ1n) is 5.92. The Hall–Kier alpha value is -1.07. The number of halogens is 1. The molecule has 100 valence electrons. The van der Waals surface area contributed by atoms with E-state index < -0.39 is 6.04 Å². The zero-order valence-corrected chi connectivity index (χ0v) is 12.2. The Kier molecular flexibility index (Phi) is 6.15. The zero-order chi connectivity index (χ0) is 13.5. The van der Waals surface area contributed by atoms with Gasteiger partial charge < -0.3 is 15.8 Å². The summed E-state index contributed by atoms with van der Waals surface area (Å²) in [6, 6.07) is 7.10. The SMILES string of the molecule is CC(C)[C@H](N)C(=O)NCCOc1cccc(Br)c1. The van der Waals surface area contributed by atoms with Crippen molar-refractivity contribution >= 4 is 21.8 Å². The molecule has 0 spiro atoms. The number of nitrogens with one attached hydrogen (secondary N) is 1. The van der Waals surface area contributed by atoms with Crippen LogP contribution in [0.4, 0.5) is 0 Å². The molecule has 0 unspecified atom stereocenters. The fourth-order valence-electron chi connectivity index (χ4n) is 1.32. The summed E-state index contributed by atoms with van der Waals surface area (Å²) in [6.45, 7) is 4.71. The molecule has 18 heavy (non-hydrogen) atoms. The quantitative estimate of drug-likeness (QED) is 0.789. The van der Waals surface area contributed by atoms with Gasteiger partial charge in [0.2, 0.25) is 5.91 Å². The summed E-state index contributed by atoms with van der Waals surface area (Å²) in [7, 11) is 0. The van der Waals surface area contributed by atoms with Gasteiger partial charge in [-0.15, -0.1) is 0 Å². The monoisotopic (exact) mass is 314 g/mol. The summed E-state index contributed by atoms with van der Waals surface area (Å²) in [4.78, 5) is 11.6. The predicted octanol–water partition coefficient (Wildman–Crippen LogP) is 1.93. The van der Waals surface area contributed by atoms with Gasteiger partial charge in [-0.3, -0.25) is 4.79 Å². The molecule has 0 aromatic heterocycles. The van der Waals surface area contributed by atoms with Gasteiger partial charge in [-0.05, 0) is 24.1 Å². The minimum Gasteiger partial charge on any atom is -0.492 e. The zero-order valence-electron chi connectivity index (χ0n) is 10.7. The van der Waals surface area contributed by atoms with Gasteiger partial charge in [0.25, 0.3) is 0 Å². The summed E-state index contributed by atoms with van der Waals surface area (Å²) in [5.41, 5.74) is 5.71. The number of carbonyl (C=O) groups is 1. The van der Waals surface area contributed by atoms with E-state index in [9.17, 15) is 4.79 Å². The largest absolute Gasteiger partial charge is 0.492 e. The standard InChI is InChI=1S/C13H19BrN2O2/c1-9(2)12(15)13(17)16-6-7-18-11-5-3-4-10(14)8-11/h3-5,8-9,12H,6-7,15H2,1-2H3,(H,16,17)/t12-/m0/s1. The Morgan fingerprint density at radius 2 is 2.22 bits per heavy atom. The molecule has 0 saturated carbocycles. The average molecular weight is 315 g/mol. The maximum absolute atomic E-state index is 11.6. The lowest BCUT2D eigenvalue weighted by Crippen LogP contribution is -2.45. The molecule has 0 bridgehead atoms. The maximum atomic E-state index is 11.6. The summed E-state index contributed by atoms with van der Waals surface area (Å²) in [6.07, 6.45) is 0. The Balaban J connectivity index is 2.25. The number of nitrogens with two attached hydrogens (primary N) is 1. The van der Waals surface area contributed by atoms with Crippen LogP contribution in [0.1, 0.15) is 13.8 Å². The van der Waals surface area contributed by atoms with Gasteiger partial charge in [0, 0.05) is 4.47 Å². The lowest BCUT2D eigenvalue weighted by Gasteiger charge is -2.15. The smallest absolute Gasteiger partial charge is 0.237 e. The average Bonchev–Trinajstić information content (AvgIpc) is 2.33. The first kappa shape index (κ1) is 15.0. The summed E-state index contributed by atoms with van der Waals surface area (Å²) in [5.74, 6) is 0.769. The van der Waals surface area contributed by atoms with Crippen molar-refractivity contribution in [1.29, 1.82) is 0 Å². The number of amides is 1. The molecule has 0 fully saturated rings. The van der Waals surface area contributed by atoms with Crippen molar-refractivity contribution < 1.29 is 9.53 Å². The third kappa shape index (κ3) is 5.06. The molecule has 0 radical (unpaired) electrons. The third-order valence-electron chi connectivity index (χ3n) is 2.49. The lowest BCUT2D eigenvalue weighted by atomic mass is 10.1.